The molecule has 0 radical (unpaired) electrons. The van der Waals surface area contributed by atoms with Gasteiger partial charge in [0.15, 0.2) is 0 Å². The lowest BCUT2D eigenvalue weighted by molar-refractivity contribution is -0.144. The molecule has 0 spiro atoms. The lowest BCUT2D eigenvalue weighted by Gasteiger charge is -2.37. The maximum Gasteiger partial charge on any atom is 0.326 e. The van der Waals surface area contributed by atoms with Gasteiger partial charge in [-0.05, 0) is 49.2 Å². The second kappa shape index (κ2) is 13.6. The van der Waals surface area contributed by atoms with Crippen molar-refractivity contribution in [1.29, 1.82) is 0 Å². The highest BCUT2D eigenvalue weighted by molar-refractivity contribution is 7.89. The van der Waals surface area contributed by atoms with Gasteiger partial charge in [0.1, 0.15) is 11.6 Å². The van der Waals surface area contributed by atoms with Crippen LogP contribution in [-0.2, 0) is 26.0 Å². The van der Waals surface area contributed by atoms with Gasteiger partial charge >= 0.3 is 5.97 Å². The molecule has 1 aromatic heterocycles. The quantitative estimate of drug-likeness (QED) is 0.239. The minimum absolute atomic E-state index is 0.0390. The number of sulfonamides is 1. The number of anilines is 1. The first kappa shape index (κ1) is 33.9. The van der Waals surface area contributed by atoms with Crippen molar-refractivity contribution in [3.63, 3.8) is 0 Å². The number of aromatic nitrogens is 1. The summed E-state index contributed by atoms with van der Waals surface area (Å²) in [5.74, 6) is -3.66. The zero-order chi connectivity index (χ0) is 32.4. The number of halogens is 4. The van der Waals surface area contributed by atoms with E-state index in [1.807, 2.05) is 0 Å². The first-order valence-electron chi connectivity index (χ1n) is 13.0. The molecule has 16 heteroatoms. The molecule has 0 unspecified atom stereocenters. The van der Waals surface area contributed by atoms with Crippen LogP contribution in [0.25, 0.3) is 0 Å². The SMILES string of the molecule is C[C@@]1(C(=O)N[C@@H](Cc2ccc(NC(=O)c3c(Cl)cncc3Cl)cc2)C(=O)O)[C@@H](CO)CCN1S(=O)(=O)c1cc(Cl)cc(Cl)c1. The third-order valence-corrected chi connectivity index (χ3v) is 10.4. The molecule has 4 rings (SSSR count). The number of amides is 2. The number of aliphatic carboxylic acids is 1. The van der Waals surface area contributed by atoms with E-state index in [2.05, 4.69) is 15.6 Å². The van der Waals surface area contributed by atoms with Crippen LogP contribution in [0.1, 0.15) is 29.3 Å². The second-order valence-electron chi connectivity index (χ2n) is 10.2. The first-order chi connectivity index (χ1) is 20.7. The molecule has 2 amide bonds. The number of benzene rings is 2. The molecule has 3 atom stereocenters. The second-order valence-corrected chi connectivity index (χ2v) is 13.7. The fourth-order valence-corrected chi connectivity index (χ4v) is 8.09. The number of aliphatic hydroxyl groups excluding tert-OH is 1. The summed E-state index contributed by atoms with van der Waals surface area (Å²) in [7, 11) is -4.34. The molecule has 44 heavy (non-hydrogen) atoms. The standard InChI is InChI=1S/C28H26Cl4N4O7S/c1-28(16(14-37)6-7-36(28)44(42,43)20-10-17(29)9-18(30)11-20)27(41)35-23(26(39)40)8-15-2-4-19(5-3-15)34-25(38)24-21(31)12-33-13-22(24)32/h2-5,9-13,16,23,37H,6-8,14H2,1H3,(H,34,38)(H,35,41)(H,39,40)/t16-,23+,28+/m1/s1. The van der Waals surface area contributed by atoms with Gasteiger partial charge in [-0.25, -0.2) is 13.2 Å². The third-order valence-electron chi connectivity index (χ3n) is 7.43. The van der Waals surface area contributed by atoms with Crippen LogP contribution in [0.5, 0.6) is 0 Å². The van der Waals surface area contributed by atoms with E-state index in [4.69, 9.17) is 46.4 Å². The van der Waals surface area contributed by atoms with Crippen LogP contribution in [0.15, 0.2) is 59.8 Å². The molecule has 4 N–H and O–H groups in total. The number of nitrogens with zero attached hydrogens (tertiary/aromatic N) is 2. The predicted molar refractivity (Wildman–Crippen MR) is 166 cm³/mol. The van der Waals surface area contributed by atoms with E-state index in [1.54, 1.807) is 12.1 Å². The first-order valence-corrected chi connectivity index (χ1v) is 16.0. The van der Waals surface area contributed by atoms with Crippen LogP contribution in [0, 0.1) is 5.92 Å². The maximum atomic E-state index is 13.7. The maximum absolute atomic E-state index is 13.7. The van der Waals surface area contributed by atoms with Gasteiger partial charge < -0.3 is 20.8 Å². The molecule has 0 saturated carbocycles. The summed E-state index contributed by atoms with van der Waals surface area (Å²) in [5, 5.41) is 25.4. The van der Waals surface area contributed by atoms with Crippen molar-refractivity contribution >= 4 is 79.9 Å². The molecular weight excluding hydrogens is 678 g/mol. The van der Waals surface area contributed by atoms with Gasteiger partial charge in [-0.2, -0.15) is 4.31 Å². The number of hydrogen-bond acceptors (Lipinski definition) is 7. The van der Waals surface area contributed by atoms with Gasteiger partial charge in [0.25, 0.3) is 5.91 Å². The van der Waals surface area contributed by atoms with E-state index >= 15 is 0 Å². The fourth-order valence-electron chi connectivity index (χ4n) is 5.02. The monoisotopic (exact) mass is 702 g/mol. The van der Waals surface area contributed by atoms with Crippen molar-refractivity contribution < 1.29 is 33.0 Å². The molecule has 0 aliphatic carbocycles. The van der Waals surface area contributed by atoms with Gasteiger partial charge in [0.05, 0.1) is 20.5 Å². The molecule has 1 aliphatic rings. The Hall–Kier alpha value is -2.97. The summed E-state index contributed by atoms with van der Waals surface area (Å²) in [6, 6.07) is 8.46. The Morgan fingerprint density at radius 3 is 2.18 bits per heavy atom. The van der Waals surface area contributed by atoms with E-state index in [-0.39, 0.29) is 49.9 Å². The molecule has 1 saturated heterocycles. The van der Waals surface area contributed by atoms with Crippen LogP contribution >= 0.6 is 46.4 Å². The Morgan fingerprint density at radius 1 is 1.05 bits per heavy atom. The van der Waals surface area contributed by atoms with Crippen molar-refractivity contribution in [2.75, 3.05) is 18.5 Å². The average Bonchev–Trinajstić information content (AvgIpc) is 3.31. The zero-order valence-corrected chi connectivity index (χ0v) is 26.8. The average molecular weight is 704 g/mol. The number of carbonyl (C=O) groups is 3. The van der Waals surface area contributed by atoms with E-state index in [0.29, 0.717) is 11.3 Å². The van der Waals surface area contributed by atoms with Crippen molar-refractivity contribution in [2.45, 2.75) is 36.2 Å². The van der Waals surface area contributed by atoms with Crippen molar-refractivity contribution in [1.82, 2.24) is 14.6 Å². The van der Waals surface area contributed by atoms with E-state index < -0.39 is 51.9 Å². The van der Waals surface area contributed by atoms with Crippen LogP contribution in [-0.4, -0.2) is 70.4 Å². The molecule has 3 aromatic rings. The molecule has 0 bridgehead atoms. The smallest absolute Gasteiger partial charge is 0.326 e. The third kappa shape index (κ3) is 6.96. The topological polar surface area (TPSA) is 166 Å². The number of nitrogens with one attached hydrogen (secondary N) is 2. The number of carbonyl (C=O) groups excluding carboxylic acids is 2. The lowest BCUT2D eigenvalue weighted by Crippen LogP contribution is -2.61. The summed E-state index contributed by atoms with van der Waals surface area (Å²) in [6.45, 7) is 0.715. The molecule has 11 nitrogen and oxygen atoms in total. The highest BCUT2D eigenvalue weighted by Gasteiger charge is 2.56. The number of carboxylic acids is 1. The Labute approximate surface area is 273 Å². The Morgan fingerprint density at radius 2 is 1.64 bits per heavy atom. The Bertz CT molecular complexity index is 1670. The molecule has 2 aromatic carbocycles. The molecular formula is C28H26Cl4N4O7S. The minimum Gasteiger partial charge on any atom is -0.480 e. The van der Waals surface area contributed by atoms with Crippen LogP contribution < -0.4 is 10.6 Å². The summed E-state index contributed by atoms with van der Waals surface area (Å²) in [5.41, 5.74) is -0.939. The number of hydrogen-bond donors (Lipinski definition) is 4. The molecule has 1 aliphatic heterocycles. The number of rotatable bonds is 10. The molecule has 234 valence electrons. The summed E-state index contributed by atoms with van der Waals surface area (Å²) in [4.78, 5) is 42.1. The molecule has 1 fully saturated rings. The van der Waals surface area contributed by atoms with E-state index in [1.165, 1.54) is 49.6 Å². The fraction of sp³-hybridized carbons (Fsp3) is 0.286. The zero-order valence-electron chi connectivity index (χ0n) is 22.9. The summed E-state index contributed by atoms with van der Waals surface area (Å²) >= 11 is 24.1. The largest absolute Gasteiger partial charge is 0.480 e. The van der Waals surface area contributed by atoms with Gasteiger partial charge in [-0.15, -0.1) is 0 Å². The van der Waals surface area contributed by atoms with E-state index in [9.17, 15) is 33.0 Å². The predicted octanol–water partition coefficient (Wildman–Crippen LogP) is 4.52. The van der Waals surface area contributed by atoms with Crippen LogP contribution in [0.4, 0.5) is 5.69 Å². The molecule has 2 heterocycles. The van der Waals surface area contributed by atoms with Gasteiger partial charge in [0, 0.05) is 53.6 Å². The number of carboxylic acid groups (broad SMARTS) is 1. The lowest BCUT2D eigenvalue weighted by atomic mass is 9.86. The van der Waals surface area contributed by atoms with Gasteiger partial charge in [0.2, 0.25) is 15.9 Å². The van der Waals surface area contributed by atoms with E-state index in [0.717, 1.165) is 4.31 Å². The highest BCUT2D eigenvalue weighted by atomic mass is 35.5. The highest BCUT2D eigenvalue weighted by Crippen LogP contribution is 2.40. The van der Waals surface area contributed by atoms with Crippen molar-refractivity contribution in [2.24, 2.45) is 5.92 Å². The number of pyridine rings is 1. The van der Waals surface area contributed by atoms with Gasteiger partial charge in [-0.3, -0.25) is 14.6 Å². The Balaban J connectivity index is 1.53. The summed E-state index contributed by atoms with van der Waals surface area (Å²) < 4.78 is 28.2. The van der Waals surface area contributed by atoms with Crippen molar-refractivity contribution in [3.05, 3.63) is 86.1 Å². The van der Waals surface area contributed by atoms with Crippen LogP contribution in [0.2, 0.25) is 20.1 Å². The minimum atomic E-state index is -4.34. The summed E-state index contributed by atoms with van der Waals surface area (Å²) in [6.07, 6.45) is 2.53. The number of aliphatic hydroxyl groups is 1. The van der Waals surface area contributed by atoms with Crippen molar-refractivity contribution in [3.8, 4) is 0 Å². The Kier molecular flexibility index (Phi) is 10.5. The van der Waals surface area contributed by atoms with Crippen LogP contribution in [0.3, 0.4) is 0 Å². The van der Waals surface area contributed by atoms with Gasteiger partial charge in [-0.1, -0.05) is 58.5 Å². The normalized spacial score (nSPS) is 19.4.